The third-order valence-corrected chi connectivity index (χ3v) is 10.9. The van der Waals surface area contributed by atoms with Gasteiger partial charge in [0, 0.05) is 27.9 Å². The van der Waals surface area contributed by atoms with Crippen LogP contribution in [0.1, 0.15) is 79.1 Å². The molecule has 0 bridgehead atoms. The van der Waals surface area contributed by atoms with Gasteiger partial charge in [-0.25, -0.2) is 0 Å². The first-order valence-electron chi connectivity index (χ1n) is 10.3. The van der Waals surface area contributed by atoms with Crippen LogP contribution in [0.5, 0.6) is 0 Å². The summed E-state index contributed by atoms with van der Waals surface area (Å²) in [7, 11) is 2.90. The molecule has 0 N–H and O–H groups in total. The van der Waals surface area contributed by atoms with E-state index in [4.69, 9.17) is 18.3 Å². The van der Waals surface area contributed by atoms with Crippen molar-refractivity contribution in [2.45, 2.75) is 95.9 Å². The largest absolute Gasteiger partial charge is 0.396 e. The Labute approximate surface area is 157 Å². The molecule has 4 nitrogen and oxygen atoms in total. The van der Waals surface area contributed by atoms with E-state index in [-0.39, 0.29) is 5.60 Å². The number of methoxy groups -OCH3 is 1. The Hall–Kier alpha value is 0.0569. The molecular formula is C20H42O4Si. The van der Waals surface area contributed by atoms with Crippen LogP contribution in [0.25, 0.3) is 0 Å². The average molecular weight is 375 g/mol. The molecule has 3 unspecified atom stereocenters. The molecule has 0 aromatic rings. The molecule has 0 radical (unpaired) electrons. The molecule has 1 aliphatic heterocycles. The zero-order valence-corrected chi connectivity index (χ0v) is 18.8. The smallest absolute Gasteiger partial charge is 0.373 e. The van der Waals surface area contributed by atoms with Crippen molar-refractivity contribution in [2.75, 3.05) is 27.9 Å². The second-order valence-electron chi connectivity index (χ2n) is 7.55. The van der Waals surface area contributed by atoms with E-state index in [0.717, 1.165) is 51.2 Å². The molecule has 0 spiro atoms. The Morgan fingerprint density at radius 2 is 1.68 bits per heavy atom. The van der Waals surface area contributed by atoms with Crippen LogP contribution < -0.4 is 0 Å². The summed E-state index contributed by atoms with van der Waals surface area (Å²) >= 11 is 0. The highest BCUT2D eigenvalue weighted by Gasteiger charge is 2.71. The molecule has 5 heteroatoms. The first kappa shape index (κ1) is 23.1. The summed E-state index contributed by atoms with van der Waals surface area (Å²) in [6.07, 6.45) is 8.67. The molecule has 1 aliphatic rings. The monoisotopic (exact) mass is 374 g/mol. The minimum atomic E-state index is -2.56. The number of hydrogen-bond acceptors (Lipinski definition) is 4. The van der Waals surface area contributed by atoms with Crippen molar-refractivity contribution >= 4 is 8.56 Å². The summed E-state index contributed by atoms with van der Waals surface area (Å²) in [6, 6.07) is 0.977. The Balaban J connectivity index is 3.40. The van der Waals surface area contributed by atoms with E-state index < -0.39 is 13.8 Å². The maximum Gasteiger partial charge on any atom is 0.373 e. The van der Waals surface area contributed by atoms with Gasteiger partial charge >= 0.3 is 8.56 Å². The predicted molar refractivity (Wildman–Crippen MR) is 106 cm³/mol. The summed E-state index contributed by atoms with van der Waals surface area (Å²) in [5.74, 6) is 0.401. The van der Waals surface area contributed by atoms with Gasteiger partial charge in [0.05, 0.1) is 0 Å². The first-order valence-corrected chi connectivity index (χ1v) is 12.3. The standard InChI is InChI=1S/C20H42O4Si/c1-8-11-12-16-24-19(18(4)10-3)15-13-17-25(22-6,23-7)20(19,21-5)14-9-2/h18H,8-17H2,1-7H3. The summed E-state index contributed by atoms with van der Waals surface area (Å²) in [5.41, 5.74) is -0.323. The number of unbranched alkanes of at least 4 members (excludes halogenated alkanes) is 2. The SMILES string of the molecule is CCCCCOC1(C(C)CC)CCC[Si](OC)(OC)C1(CCC)OC. The zero-order chi connectivity index (χ0) is 19.0. The highest BCUT2D eigenvalue weighted by molar-refractivity contribution is 6.71. The van der Waals surface area contributed by atoms with Gasteiger partial charge in [-0.1, -0.05) is 53.4 Å². The topological polar surface area (TPSA) is 36.9 Å². The molecule has 0 aromatic heterocycles. The fraction of sp³-hybridized carbons (Fsp3) is 1.00. The fourth-order valence-corrected chi connectivity index (χ4v) is 9.33. The Kier molecular flexibility index (Phi) is 9.61. The van der Waals surface area contributed by atoms with Gasteiger partial charge in [-0.2, -0.15) is 0 Å². The zero-order valence-electron chi connectivity index (χ0n) is 17.8. The lowest BCUT2D eigenvalue weighted by molar-refractivity contribution is -0.216. The summed E-state index contributed by atoms with van der Waals surface area (Å²) in [4.78, 5) is 0. The third-order valence-electron chi connectivity index (χ3n) is 6.48. The highest BCUT2D eigenvalue weighted by atomic mass is 28.4. The van der Waals surface area contributed by atoms with Crippen LogP contribution in [0.2, 0.25) is 6.04 Å². The van der Waals surface area contributed by atoms with Crippen LogP contribution in [-0.2, 0) is 18.3 Å². The lowest BCUT2D eigenvalue weighted by Crippen LogP contribution is -2.78. The molecule has 3 atom stereocenters. The van der Waals surface area contributed by atoms with E-state index in [1.807, 2.05) is 21.3 Å². The molecule has 0 saturated carbocycles. The Bertz CT molecular complexity index is 375. The van der Waals surface area contributed by atoms with Gasteiger partial charge < -0.3 is 18.3 Å². The molecule has 0 aromatic carbocycles. The van der Waals surface area contributed by atoms with Gasteiger partial charge in [0.2, 0.25) is 0 Å². The van der Waals surface area contributed by atoms with E-state index in [2.05, 4.69) is 27.7 Å². The molecule has 1 rings (SSSR count). The second-order valence-corrected chi connectivity index (χ2v) is 11.2. The normalized spacial score (nSPS) is 30.4. The average Bonchev–Trinajstić information content (AvgIpc) is 2.65. The molecule has 0 aliphatic carbocycles. The summed E-state index contributed by atoms with van der Waals surface area (Å²) < 4.78 is 25.5. The van der Waals surface area contributed by atoms with Crippen molar-refractivity contribution in [3.05, 3.63) is 0 Å². The van der Waals surface area contributed by atoms with Crippen molar-refractivity contribution < 1.29 is 18.3 Å². The number of hydrogen-bond donors (Lipinski definition) is 0. The fourth-order valence-electron chi connectivity index (χ4n) is 5.02. The van der Waals surface area contributed by atoms with Gasteiger partial charge in [0.25, 0.3) is 0 Å². The third kappa shape index (κ3) is 4.01. The molecule has 1 fully saturated rings. The van der Waals surface area contributed by atoms with E-state index in [1.54, 1.807) is 0 Å². The van der Waals surface area contributed by atoms with E-state index >= 15 is 0 Å². The lowest BCUT2D eigenvalue weighted by Gasteiger charge is -2.60. The van der Waals surface area contributed by atoms with E-state index in [0.29, 0.717) is 5.92 Å². The van der Waals surface area contributed by atoms with Gasteiger partial charge in [0.1, 0.15) is 10.8 Å². The van der Waals surface area contributed by atoms with Crippen molar-refractivity contribution in [3.63, 3.8) is 0 Å². The summed E-state index contributed by atoms with van der Waals surface area (Å²) in [6.45, 7) is 9.82. The van der Waals surface area contributed by atoms with Gasteiger partial charge in [0.15, 0.2) is 0 Å². The summed E-state index contributed by atoms with van der Waals surface area (Å²) in [5, 5.41) is -0.460. The van der Waals surface area contributed by atoms with E-state index in [1.165, 1.54) is 12.8 Å². The highest BCUT2D eigenvalue weighted by Crippen LogP contribution is 2.54. The quantitative estimate of drug-likeness (QED) is 0.346. The molecule has 150 valence electrons. The van der Waals surface area contributed by atoms with Crippen LogP contribution in [0.4, 0.5) is 0 Å². The van der Waals surface area contributed by atoms with Crippen LogP contribution in [-0.4, -0.2) is 47.3 Å². The van der Waals surface area contributed by atoms with Crippen molar-refractivity contribution in [3.8, 4) is 0 Å². The van der Waals surface area contributed by atoms with Gasteiger partial charge in [-0.05, 0) is 37.6 Å². The van der Waals surface area contributed by atoms with Crippen LogP contribution in [0.15, 0.2) is 0 Å². The van der Waals surface area contributed by atoms with Crippen LogP contribution in [0.3, 0.4) is 0 Å². The van der Waals surface area contributed by atoms with Crippen molar-refractivity contribution in [1.29, 1.82) is 0 Å². The number of ether oxygens (including phenoxy) is 2. The van der Waals surface area contributed by atoms with Crippen molar-refractivity contribution in [1.82, 2.24) is 0 Å². The molecular weight excluding hydrogens is 332 g/mol. The maximum atomic E-state index is 6.79. The Morgan fingerprint density at radius 3 is 2.16 bits per heavy atom. The minimum Gasteiger partial charge on any atom is -0.396 e. The molecule has 0 amide bonds. The van der Waals surface area contributed by atoms with Gasteiger partial charge in [-0.3, -0.25) is 0 Å². The van der Waals surface area contributed by atoms with Crippen LogP contribution >= 0.6 is 0 Å². The molecule has 1 heterocycles. The van der Waals surface area contributed by atoms with Crippen molar-refractivity contribution in [2.24, 2.45) is 5.92 Å². The van der Waals surface area contributed by atoms with Gasteiger partial charge in [-0.15, -0.1) is 0 Å². The lowest BCUT2D eigenvalue weighted by atomic mass is 9.75. The van der Waals surface area contributed by atoms with Crippen LogP contribution in [0, 0.1) is 5.92 Å². The Morgan fingerprint density at radius 1 is 1.00 bits per heavy atom. The number of rotatable bonds is 12. The van der Waals surface area contributed by atoms with E-state index in [9.17, 15) is 0 Å². The maximum absolute atomic E-state index is 6.79. The minimum absolute atomic E-state index is 0.323. The molecule has 1 saturated heterocycles. The first-order chi connectivity index (χ1) is 12.0. The second kappa shape index (κ2) is 10.4. The molecule has 25 heavy (non-hydrogen) atoms. The predicted octanol–water partition coefficient (Wildman–Crippen LogP) is 5.23.